The van der Waals surface area contributed by atoms with Crippen molar-refractivity contribution in [2.75, 3.05) is 17.1 Å². The van der Waals surface area contributed by atoms with Crippen molar-refractivity contribution in [3.8, 4) is 0 Å². The van der Waals surface area contributed by atoms with E-state index in [1.165, 1.54) is 4.90 Å². The number of nitrogens with zero attached hydrogens (tertiary/aromatic N) is 2. The van der Waals surface area contributed by atoms with E-state index in [0.717, 1.165) is 37.8 Å². The van der Waals surface area contributed by atoms with Gasteiger partial charge in [0.2, 0.25) is 21.8 Å². The van der Waals surface area contributed by atoms with Crippen molar-refractivity contribution in [3.63, 3.8) is 0 Å². The number of rotatable bonds is 10. The van der Waals surface area contributed by atoms with Gasteiger partial charge in [-0.2, -0.15) is 0 Å². The Hall–Kier alpha value is -2.91. The van der Waals surface area contributed by atoms with E-state index >= 15 is 0 Å². The number of hydrogen-bond acceptors (Lipinski definition) is 4. The summed E-state index contributed by atoms with van der Waals surface area (Å²) >= 11 is 3.41. The van der Waals surface area contributed by atoms with E-state index in [1.807, 2.05) is 68.4 Å². The van der Waals surface area contributed by atoms with E-state index in [2.05, 4.69) is 21.2 Å². The molecule has 2 amide bonds. The molecule has 0 fully saturated rings. The first-order valence-electron chi connectivity index (χ1n) is 11.8. The van der Waals surface area contributed by atoms with Gasteiger partial charge in [0.15, 0.2) is 0 Å². The van der Waals surface area contributed by atoms with Crippen LogP contribution in [0.4, 0.5) is 5.69 Å². The number of amides is 2. The maximum absolute atomic E-state index is 13.7. The number of halogens is 1. The van der Waals surface area contributed by atoms with E-state index in [1.54, 1.807) is 19.1 Å². The second-order valence-electron chi connectivity index (χ2n) is 8.91. The van der Waals surface area contributed by atoms with Crippen molar-refractivity contribution in [1.29, 1.82) is 0 Å². The van der Waals surface area contributed by atoms with Crippen LogP contribution in [-0.2, 0) is 26.2 Å². The molecule has 0 aliphatic heterocycles. The fourth-order valence-electron chi connectivity index (χ4n) is 3.86. The molecule has 192 valence electrons. The molecule has 2 atom stereocenters. The lowest BCUT2D eigenvalue weighted by Gasteiger charge is -2.32. The predicted molar refractivity (Wildman–Crippen MR) is 148 cm³/mol. The van der Waals surface area contributed by atoms with Gasteiger partial charge in [-0.25, -0.2) is 8.42 Å². The molecule has 0 radical (unpaired) electrons. The first-order chi connectivity index (χ1) is 17.0. The van der Waals surface area contributed by atoms with Crippen molar-refractivity contribution in [2.45, 2.75) is 45.8 Å². The van der Waals surface area contributed by atoms with Gasteiger partial charge in [0.05, 0.1) is 11.9 Å². The Morgan fingerprint density at radius 1 is 0.972 bits per heavy atom. The summed E-state index contributed by atoms with van der Waals surface area (Å²) in [6.45, 7) is 5.27. The second kappa shape index (κ2) is 11.9. The molecule has 0 unspecified atom stereocenters. The van der Waals surface area contributed by atoms with Crippen LogP contribution in [0.5, 0.6) is 0 Å². The SMILES string of the molecule is CC[C@H](C)NC(=O)[C@H](C)N(Cc1ccc(Br)cc1)C(=O)CN(c1cccc2ccccc12)S(C)(=O)=O. The van der Waals surface area contributed by atoms with Crippen molar-refractivity contribution < 1.29 is 18.0 Å². The van der Waals surface area contributed by atoms with Crippen molar-refractivity contribution >= 4 is 54.2 Å². The molecule has 0 bridgehead atoms. The van der Waals surface area contributed by atoms with Gasteiger partial charge in [0, 0.05) is 22.4 Å². The highest BCUT2D eigenvalue weighted by Gasteiger charge is 2.31. The lowest BCUT2D eigenvalue weighted by atomic mass is 10.1. The normalized spacial score (nSPS) is 13.1. The molecule has 0 saturated carbocycles. The average Bonchev–Trinajstić information content (AvgIpc) is 2.85. The minimum atomic E-state index is -3.81. The molecule has 0 heterocycles. The first-order valence-corrected chi connectivity index (χ1v) is 14.4. The van der Waals surface area contributed by atoms with Crippen LogP contribution in [0.2, 0.25) is 0 Å². The Morgan fingerprint density at radius 2 is 1.61 bits per heavy atom. The number of hydrogen-bond donors (Lipinski definition) is 1. The Kier molecular flexibility index (Phi) is 9.13. The number of benzene rings is 3. The molecule has 1 N–H and O–H groups in total. The van der Waals surface area contributed by atoms with Crippen LogP contribution < -0.4 is 9.62 Å². The lowest BCUT2D eigenvalue weighted by Crippen LogP contribution is -2.52. The van der Waals surface area contributed by atoms with Crippen molar-refractivity contribution in [1.82, 2.24) is 10.2 Å². The quantitative estimate of drug-likeness (QED) is 0.381. The highest BCUT2D eigenvalue weighted by molar-refractivity contribution is 9.10. The summed E-state index contributed by atoms with van der Waals surface area (Å²) in [7, 11) is -3.81. The largest absolute Gasteiger partial charge is 0.352 e. The first kappa shape index (κ1) is 27.7. The number of nitrogens with one attached hydrogen (secondary N) is 1. The molecule has 3 rings (SSSR count). The zero-order chi connectivity index (χ0) is 26.5. The number of carbonyl (C=O) groups excluding carboxylic acids is 2. The molecule has 0 spiro atoms. The summed E-state index contributed by atoms with van der Waals surface area (Å²) in [6.07, 6.45) is 1.84. The van der Waals surface area contributed by atoms with E-state index in [9.17, 15) is 18.0 Å². The molecule has 3 aromatic rings. The molecular formula is C27H32BrN3O4S. The van der Waals surface area contributed by atoms with Crippen molar-refractivity contribution in [3.05, 3.63) is 76.8 Å². The molecule has 0 saturated heterocycles. The van der Waals surface area contributed by atoms with Crippen LogP contribution in [0.1, 0.15) is 32.8 Å². The Bertz CT molecular complexity index is 1320. The third kappa shape index (κ3) is 6.85. The monoisotopic (exact) mass is 573 g/mol. The number of anilines is 1. The summed E-state index contributed by atoms with van der Waals surface area (Å²) in [6, 6.07) is 19.4. The van der Waals surface area contributed by atoms with Gasteiger partial charge in [-0.05, 0) is 49.4 Å². The molecule has 3 aromatic carbocycles. The fourth-order valence-corrected chi connectivity index (χ4v) is 4.98. The topological polar surface area (TPSA) is 86.8 Å². The van der Waals surface area contributed by atoms with Gasteiger partial charge in [0.1, 0.15) is 12.6 Å². The average molecular weight is 575 g/mol. The van der Waals surface area contributed by atoms with Gasteiger partial charge in [-0.15, -0.1) is 0 Å². The number of sulfonamides is 1. The highest BCUT2D eigenvalue weighted by atomic mass is 79.9. The Labute approximate surface area is 221 Å². The minimum Gasteiger partial charge on any atom is -0.352 e. The molecule has 0 aliphatic rings. The van der Waals surface area contributed by atoms with Gasteiger partial charge in [0.25, 0.3) is 0 Å². The van der Waals surface area contributed by atoms with Gasteiger partial charge in [-0.3, -0.25) is 13.9 Å². The molecule has 36 heavy (non-hydrogen) atoms. The van der Waals surface area contributed by atoms with Gasteiger partial charge < -0.3 is 10.2 Å². The molecule has 7 nitrogen and oxygen atoms in total. The van der Waals surface area contributed by atoms with Crippen LogP contribution in [0.15, 0.2) is 71.2 Å². The van der Waals surface area contributed by atoms with Crippen LogP contribution in [-0.4, -0.2) is 50.0 Å². The standard InChI is InChI=1S/C27H32BrN3O4S/c1-5-19(2)29-27(33)20(3)30(17-21-13-15-23(28)16-14-21)26(32)18-31(36(4,34)35)25-12-8-10-22-9-6-7-11-24(22)25/h6-16,19-20H,5,17-18H2,1-4H3,(H,29,33)/t19-,20-/m0/s1. The van der Waals surface area contributed by atoms with Crippen LogP contribution in [0, 0.1) is 0 Å². The third-order valence-corrected chi connectivity index (χ3v) is 7.80. The zero-order valence-corrected chi connectivity index (χ0v) is 23.3. The fraction of sp³-hybridized carbons (Fsp3) is 0.333. The summed E-state index contributed by atoms with van der Waals surface area (Å²) < 4.78 is 27.8. The van der Waals surface area contributed by atoms with E-state index in [4.69, 9.17) is 0 Å². The summed E-state index contributed by atoms with van der Waals surface area (Å²) in [4.78, 5) is 28.1. The molecule has 9 heteroatoms. The van der Waals surface area contributed by atoms with Crippen LogP contribution in [0.25, 0.3) is 10.8 Å². The van der Waals surface area contributed by atoms with Gasteiger partial charge in [-0.1, -0.05) is 71.4 Å². The van der Waals surface area contributed by atoms with E-state index in [0.29, 0.717) is 5.69 Å². The summed E-state index contributed by atoms with van der Waals surface area (Å²) in [5.41, 5.74) is 1.25. The zero-order valence-electron chi connectivity index (χ0n) is 20.9. The predicted octanol–water partition coefficient (Wildman–Crippen LogP) is 4.70. The maximum atomic E-state index is 13.7. The lowest BCUT2D eigenvalue weighted by molar-refractivity contribution is -0.139. The summed E-state index contributed by atoms with van der Waals surface area (Å²) in [5.74, 6) is -0.756. The smallest absolute Gasteiger partial charge is 0.244 e. The Morgan fingerprint density at radius 3 is 2.25 bits per heavy atom. The Balaban J connectivity index is 1.98. The molecule has 0 aliphatic carbocycles. The van der Waals surface area contributed by atoms with E-state index in [-0.39, 0.29) is 18.5 Å². The summed E-state index contributed by atoms with van der Waals surface area (Å²) in [5, 5.41) is 4.51. The second-order valence-corrected chi connectivity index (χ2v) is 11.7. The third-order valence-electron chi connectivity index (χ3n) is 6.15. The molecule has 0 aromatic heterocycles. The highest BCUT2D eigenvalue weighted by Crippen LogP contribution is 2.28. The van der Waals surface area contributed by atoms with Gasteiger partial charge >= 0.3 is 0 Å². The van der Waals surface area contributed by atoms with E-state index < -0.39 is 28.5 Å². The van der Waals surface area contributed by atoms with Crippen molar-refractivity contribution in [2.24, 2.45) is 0 Å². The number of carbonyl (C=O) groups is 2. The maximum Gasteiger partial charge on any atom is 0.244 e. The minimum absolute atomic E-state index is 0.0483. The molecular weight excluding hydrogens is 542 g/mol. The van der Waals surface area contributed by atoms with Crippen LogP contribution >= 0.6 is 15.9 Å². The number of fused-ring (bicyclic) bond motifs is 1. The van der Waals surface area contributed by atoms with Crippen LogP contribution in [0.3, 0.4) is 0 Å².